The maximum atomic E-state index is 10.8. The van der Waals surface area contributed by atoms with Gasteiger partial charge in [-0.2, -0.15) is 0 Å². The van der Waals surface area contributed by atoms with E-state index in [1.54, 1.807) is 0 Å². The van der Waals surface area contributed by atoms with Gasteiger partial charge in [0.05, 0.1) is 0 Å². The highest BCUT2D eigenvalue weighted by molar-refractivity contribution is 5.66. The van der Waals surface area contributed by atoms with Crippen LogP contribution in [0.2, 0.25) is 0 Å². The number of unbranched alkanes of at least 4 members (excludes halogenated alkanes) is 10. The monoisotopic (exact) mass is 312 g/mol. The summed E-state index contributed by atoms with van der Waals surface area (Å²) in [4.78, 5) is 10.8. The maximum Gasteiger partial charge on any atom is 0.303 e. The zero-order valence-corrected chi connectivity index (χ0v) is 15.2. The van der Waals surface area contributed by atoms with E-state index in [-0.39, 0.29) is 0 Å². The Morgan fingerprint density at radius 3 is 1.50 bits per heavy atom. The van der Waals surface area contributed by atoms with Crippen molar-refractivity contribution in [1.82, 2.24) is 0 Å². The van der Waals surface area contributed by atoms with Crippen LogP contribution in [0.5, 0.6) is 0 Å². The summed E-state index contributed by atoms with van der Waals surface area (Å²) in [6, 6.07) is 0. The number of carboxylic acids is 1. The van der Waals surface area contributed by atoms with Crippen LogP contribution in [0.25, 0.3) is 0 Å². The van der Waals surface area contributed by atoms with Crippen molar-refractivity contribution in [3.05, 3.63) is 0 Å². The van der Waals surface area contributed by atoms with E-state index in [4.69, 9.17) is 5.11 Å². The van der Waals surface area contributed by atoms with Crippen LogP contribution in [0.4, 0.5) is 0 Å². The highest BCUT2D eigenvalue weighted by atomic mass is 16.4. The zero-order valence-electron chi connectivity index (χ0n) is 15.2. The summed E-state index contributed by atoms with van der Waals surface area (Å²) in [7, 11) is 0. The standard InChI is InChI=1S/C20H40O2/c1-3-5-7-9-11-13-15-19(17-18-20(21)22)16-14-12-10-8-6-4-2/h19H,3-18H2,1-2H3,(H,21,22). The molecular formula is C20H40O2. The lowest BCUT2D eigenvalue weighted by atomic mass is 9.90. The predicted molar refractivity (Wildman–Crippen MR) is 96.3 cm³/mol. The van der Waals surface area contributed by atoms with Gasteiger partial charge in [-0.1, -0.05) is 104 Å². The van der Waals surface area contributed by atoms with Gasteiger partial charge in [0.1, 0.15) is 0 Å². The minimum atomic E-state index is -0.629. The van der Waals surface area contributed by atoms with Crippen molar-refractivity contribution in [2.45, 2.75) is 117 Å². The molecule has 0 bridgehead atoms. The van der Waals surface area contributed by atoms with E-state index in [0.29, 0.717) is 12.3 Å². The summed E-state index contributed by atoms with van der Waals surface area (Å²) in [5, 5.41) is 8.90. The molecule has 132 valence electrons. The zero-order chi connectivity index (χ0) is 16.5. The Labute approximate surface area is 139 Å². The lowest BCUT2D eigenvalue weighted by molar-refractivity contribution is -0.137. The van der Waals surface area contributed by atoms with Crippen LogP contribution < -0.4 is 0 Å². The van der Waals surface area contributed by atoms with Crippen molar-refractivity contribution < 1.29 is 9.90 Å². The molecule has 2 heteroatoms. The molecule has 0 saturated heterocycles. The van der Waals surface area contributed by atoms with Crippen LogP contribution in [0.1, 0.15) is 117 Å². The second kappa shape index (κ2) is 16.8. The first-order valence-electron chi connectivity index (χ1n) is 9.92. The first-order chi connectivity index (χ1) is 10.7. The lowest BCUT2D eigenvalue weighted by Gasteiger charge is -2.16. The summed E-state index contributed by atoms with van der Waals surface area (Å²) < 4.78 is 0. The highest BCUT2D eigenvalue weighted by Gasteiger charge is 2.10. The normalized spacial score (nSPS) is 11.2. The largest absolute Gasteiger partial charge is 0.481 e. The van der Waals surface area contributed by atoms with Gasteiger partial charge in [0.25, 0.3) is 0 Å². The van der Waals surface area contributed by atoms with E-state index < -0.39 is 5.97 Å². The third-order valence-electron chi connectivity index (χ3n) is 4.70. The van der Waals surface area contributed by atoms with E-state index in [0.717, 1.165) is 6.42 Å². The molecule has 0 heterocycles. The van der Waals surface area contributed by atoms with E-state index in [1.165, 1.54) is 89.9 Å². The summed E-state index contributed by atoms with van der Waals surface area (Å²) >= 11 is 0. The van der Waals surface area contributed by atoms with Crippen molar-refractivity contribution >= 4 is 5.97 Å². The Bertz CT molecular complexity index is 222. The number of aliphatic carboxylic acids is 1. The van der Waals surface area contributed by atoms with Crippen molar-refractivity contribution in [3.63, 3.8) is 0 Å². The molecule has 0 aliphatic carbocycles. The summed E-state index contributed by atoms with van der Waals surface area (Å²) in [5.41, 5.74) is 0. The first-order valence-corrected chi connectivity index (χ1v) is 9.92. The summed E-state index contributed by atoms with van der Waals surface area (Å²) in [6.45, 7) is 4.50. The van der Waals surface area contributed by atoms with Crippen LogP contribution in [0.15, 0.2) is 0 Å². The number of carbonyl (C=O) groups is 1. The molecule has 0 aromatic rings. The Morgan fingerprint density at radius 1 is 0.682 bits per heavy atom. The molecule has 0 aromatic heterocycles. The smallest absolute Gasteiger partial charge is 0.303 e. The molecule has 2 nitrogen and oxygen atoms in total. The van der Waals surface area contributed by atoms with Gasteiger partial charge in [-0.25, -0.2) is 0 Å². The molecule has 0 aliphatic heterocycles. The average molecular weight is 313 g/mol. The average Bonchev–Trinajstić information content (AvgIpc) is 2.50. The Hall–Kier alpha value is -0.530. The molecule has 1 N–H and O–H groups in total. The SMILES string of the molecule is CCCCCCCCC(CCCCCCCC)CCC(=O)O. The van der Waals surface area contributed by atoms with Gasteiger partial charge in [-0.15, -0.1) is 0 Å². The molecule has 0 unspecified atom stereocenters. The van der Waals surface area contributed by atoms with Gasteiger partial charge in [0, 0.05) is 6.42 Å². The third-order valence-corrected chi connectivity index (χ3v) is 4.70. The number of hydrogen-bond donors (Lipinski definition) is 1. The summed E-state index contributed by atoms with van der Waals surface area (Å²) in [6.07, 6.45) is 19.8. The van der Waals surface area contributed by atoms with Crippen LogP contribution in [-0.4, -0.2) is 11.1 Å². The molecule has 0 fully saturated rings. The van der Waals surface area contributed by atoms with Gasteiger partial charge < -0.3 is 5.11 Å². The van der Waals surface area contributed by atoms with Crippen LogP contribution in [-0.2, 0) is 4.79 Å². The first kappa shape index (κ1) is 21.5. The predicted octanol–water partition coefficient (Wildman–Crippen LogP) is 6.97. The van der Waals surface area contributed by atoms with Crippen LogP contribution in [0.3, 0.4) is 0 Å². The lowest BCUT2D eigenvalue weighted by Crippen LogP contribution is -2.05. The molecular weight excluding hydrogens is 272 g/mol. The van der Waals surface area contributed by atoms with Crippen molar-refractivity contribution in [1.29, 1.82) is 0 Å². The van der Waals surface area contributed by atoms with Crippen molar-refractivity contribution in [2.75, 3.05) is 0 Å². The molecule has 22 heavy (non-hydrogen) atoms. The second-order valence-electron chi connectivity index (χ2n) is 6.91. The topological polar surface area (TPSA) is 37.3 Å². The summed E-state index contributed by atoms with van der Waals surface area (Å²) in [5.74, 6) is 0.0179. The van der Waals surface area contributed by atoms with E-state index >= 15 is 0 Å². The van der Waals surface area contributed by atoms with E-state index in [2.05, 4.69) is 13.8 Å². The molecule has 0 radical (unpaired) electrons. The molecule has 0 aliphatic rings. The van der Waals surface area contributed by atoms with E-state index in [1.807, 2.05) is 0 Å². The molecule has 0 saturated carbocycles. The fourth-order valence-corrected chi connectivity index (χ4v) is 3.19. The Morgan fingerprint density at radius 2 is 1.09 bits per heavy atom. The molecule has 0 atom stereocenters. The van der Waals surface area contributed by atoms with Crippen molar-refractivity contribution in [3.8, 4) is 0 Å². The maximum absolute atomic E-state index is 10.8. The number of rotatable bonds is 17. The Kier molecular flexibility index (Phi) is 16.4. The second-order valence-corrected chi connectivity index (χ2v) is 6.91. The van der Waals surface area contributed by atoms with E-state index in [9.17, 15) is 4.79 Å². The minimum Gasteiger partial charge on any atom is -0.481 e. The van der Waals surface area contributed by atoms with Gasteiger partial charge in [0.2, 0.25) is 0 Å². The molecule has 0 amide bonds. The van der Waals surface area contributed by atoms with Gasteiger partial charge in [0.15, 0.2) is 0 Å². The molecule has 0 spiro atoms. The fourth-order valence-electron chi connectivity index (χ4n) is 3.19. The molecule has 0 rings (SSSR count). The quantitative estimate of drug-likeness (QED) is 0.294. The van der Waals surface area contributed by atoms with Crippen molar-refractivity contribution in [2.24, 2.45) is 5.92 Å². The minimum absolute atomic E-state index is 0.357. The fraction of sp³-hybridized carbons (Fsp3) is 0.950. The Balaban J connectivity index is 3.72. The third kappa shape index (κ3) is 15.9. The highest BCUT2D eigenvalue weighted by Crippen LogP contribution is 2.23. The van der Waals surface area contributed by atoms with Gasteiger partial charge >= 0.3 is 5.97 Å². The molecule has 0 aromatic carbocycles. The van der Waals surface area contributed by atoms with Gasteiger partial charge in [-0.3, -0.25) is 4.79 Å². The number of carboxylic acid groups (broad SMARTS) is 1. The van der Waals surface area contributed by atoms with Crippen LogP contribution in [0, 0.1) is 5.92 Å². The van der Waals surface area contributed by atoms with Gasteiger partial charge in [-0.05, 0) is 12.3 Å². The van der Waals surface area contributed by atoms with Crippen LogP contribution >= 0.6 is 0 Å². The number of hydrogen-bond acceptors (Lipinski definition) is 1.